The molecule has 23 heavy (non-hydrogen) atoms. The van der Waals surface area contributed by atoms with Crippen molar-refractivity contribution in [1.82, 2.24) is 9.80 Å². The first-order valence-corrected chi connectivity index (χ1v) is 9.23. The first kappa shape index (κ1) is 31.8. The van der Waals surface area contributed by atoms with Crippen LogP contribution in [0.4, 0.5) is 0 Å². The Morgan fingerprint density at radius 3 is 0.826 bits per heavy atom. The van der Waals surface area contributed by atoms with Crippen molar-refractivity contribution >= 4 is 0 Å². The summed E-state index contributed by atoms with van der Waals surface area (Å²) in [5.74, 6) is 0. The Labute approximate surface area is 169 Å². The van der Waals surface area contributed by atoms with Gasteiger partial charge in [-0.1, -0.05) is 53.4 Å². The van der Waals surface area contributed by atoms with Gasteiger partial charge in [0.15, 0.2) is 0 Å². The summed E-state index contributed by atoms with van der Waals surface area (Å²) in [6.45, 7) is 16.9. The van der Waals surface area contributed by atoms with E-state index in [1.54, 1.807) is 0 Å². The Morgan fingerprint density at radius 2 is 0.652 bits per heavy atom. The van der Waals surface area contributed by atoms with Gasteiger partial charge in [0.1, 0.15) is 0 Å². The van der Waals surface area contributed by atoms with Crippen LogP contribution in [0.15, 0.2) is 0 Å². The zero-order valence-electron chi connectivity index (χ0n) is 15.9. The van der Waals surface area contributed by atoms with Crippen LogP contribution >= 0.6 is 0 Å². The van der Waals surface area contributed by atoms with Crippen molar-refractivity contribution in [3.63, 3.8) is 0 Å². The van der Waals surface area contributed by atoms with Gasteiger partial charge in [-0.2, -0.15) is 0 Å². The molecular formula is C18H40Cl2CuN2. The Morgan fingerprint density at radius 1 is 0.435 bits per heavy atom. The molecule has 0 saturated heterocycles. The standard InChI is InChI=1S/C18H40N2.2ClH.Cu/c1-5-9-13-19(14-10-6-2)17-18-20(15-11-7-3)16-12-8-4;;;/h5-18H2,1-4H3;2*1H;/q;;;+2/p-2. The fourth-order valence-corrected chi connectivity index (χ4v) is 2.48. The van der Waals surface area contributed by atoms with Crippen LogP contribution in [-0.2, 0) is 17.1 Å². The molecule has 0 amide bonds. The second-order valence-corrected chi connectivity index (χ2v) is 6.10. The molecule has 0 heterocycles. The Bertz CT molecular complexity index is 162. The minimum absolute atomic E-state index is 0. The zero-order chi connectivity index (χ0) is 15.1. The van der Waals surface area contributed by atoms with E-state index in [-0.39, 0.29) is 41.9 Å². The molecule has 147 valence electrons. The molecule has 2 nitrogen and oxygen atoms in total. The summed E-state index contributed by atoms with van der Waals surface area (Å²) >= 11 is 0. The second-order valence-electron chi connectivity index (χ2n) is 6.10. The maximum Gasteiger partial charge on any atom is 2.00 e. The number of halogens is 2. The molecule has 0 aliphatic rings. The van der Waals surface area contributed by atoms with Crippen LogP contribution in [0.3, 0.4) is 0 Å². The summed E-state index contributed by atoms with van der Waals surface area (Å²) in [4.78, 5) is 5.38. The second kappa shape index (κ2) is 25.3. The van der Waals surface area contributed by atoms with E-state index in [1.807, 2.05) is 0 Å². The molecule has 0 fully saturated rings. The van der Waals surface area contributed by atoms with E-state index in [0.29, 0.717) is 0 Å². The molecule has 0 unspecified atom stereocenters. The monoisotopic (exact) mass is 417 g/mol. The van der Waals surface area contributed by atoms with Gasteiger partial charge in [0, 0.05) is 13.1 Å². The van der Waals surface area contributed by atoms with Gasteiger partial charge in [-0.05, 0) is 51.9 Å². The molecular weight excluding hydrogens is 379 g/mol. The Kier molecular flexibility index (Phi) is 34.9. The van der Waals surface area contributed by atoms with E-state index >= 15 is 0 Å². The van der Waals surface area contributed by atoms with E-state index in [2.05, 4.69) is 37.5 Å². The van der Waals surface area contributed by atoms with Crippen LogP contribution in [0.5, 0.6) is 0 Å². The molecule has 0 N–H and O–H groups in total. The van der Waals surface area contributed by atoms with Crippen molar-refractivity contribution in [2.45, 2.75) is 79.1 Å². The van der Waals surface area contributed by atoms with Crippen molar-refractivity contribution in [1.29, 1.82) is 0 Å². The van der Waals surface area contributed by atoms with Gasteiger partial charge in [0.25, 0.3) is 0 Å². The van der Waals surface area contributed by atoms with Gasteiger partial charge in [-0.15, -0.1) is 0 Å². The topological polar surface area (TPSA) is 6.48 Å². The van der Waals surface area contributed by atoms with Crippen molar-refractivity contribution < 1.29 is 41.9 Å². The van der Waals surface area contributed by atoms with E-state index in [1.165, 1.54) is 90.6 Å². The Balaban J connectivity index is -0.000000602. The maximum atomic E-state index is 2.69. The number of hydrogen-bond donors (Lipinski definition) is 0. The molecule has 5 heteroatoms. The summed E-state index contributed by atoms with van der Waals surface area (Å²) in [5.41, 5.74) is 0. The minimum Gasteiger partial charge on any atom is -1.00 e. The molecule has 0 bridgehead atoms. The molecule has 0 rings (SSSR count). The minimum atomic E-state index is 0. The molecule has 0 saturated carbocycles. The fourth-order valence-electron chi connectivity index (χ4n) is 2.48. The van der Waals surface area contributed by atoms with Crippen LogP contribution in [-0.4, -0.2) is 49.1 Å². The quantitative estimate of drug-likeness (QED) is 0.308. The molecule has 0 aliphatic carbocycles. The van der Waals surface area contributed by atoms with Gasteiger partial charge in [-0.25, -0.2) is 0 Å². The molecule has 0 atom stereocenters. The summed E-state index contributed by atoms with van der Waals surface area (Å²) in [5, 5.41) is 0. The van der Waals surface area contributed by atoms with Crippen LogP contribution in [0.1, 0.15) is 79.1 Å². The van der Waals surface area contributed by atoms with Crippen LogP contribution < -0.4 is 24.8 Å². The van der Waals surface area contributed by atoms with Gasteiger partial charge in [-0.3, -0.25) is 0 Å². The summed E-state index contributed by atoms with van der Waals surface area (Å²) < 4.78 is 0. The summed E-state index contributed by atoms with van der Waals surface area (Å²) in [6.07, 6.45) is 10.7. The Hall–Kier alpha value is 1.02. The van der Waals surface area contributed by atoms with E-state index in [9.17, 15) is 0 Å². The number of rotatable bonds is 15. The predicted octanol–water partition coefficient (Wildman–Crippen LogP) is -1.20. The average molecular weight is 419 g/mol. The number of nitrogens with zero attached hydrogens (tertiary/aromatic N) is 2. The summed E-state index contributed by atoms with van der Waals surface area (Å²) in [7, 11) is 0. The first-order chi connectivity index (χ1) is 9.78. The first-order valence-electron chi connectivity index (χ1n) is 9.23. The van der Waals surface area contributed by atoms with Crippen molar-refractivity contribution in [3.8, 4) is 0 Å². The largest absolute Gasteiger partial charge is 2.00 e. The van der Waals surface area contributed by atoms with Crippen LogP contribution in [0.25, 0.3) is 0 Å². The van der Waals surface area contributed by atoms with Crippen molar-refractivity contribution in [3.05, 3.63) is 0 Å². The van der Waals surface area contributed by atoms with E-state index in [0.717, 1.165) is 0 Å². The average Bonchev–Trinajstić information content (AvgIpc) is 2.48. The van der Waals surface area contributed by atoms with Crippen LogP contribution in [0, 0.1) is 0 Å². The molecule has 0 aromatic heterocycles. The zero-order valence-corrected chi connectivity index (χ0v) is 18.3. The van der Waals surface area contributed by atoms with Crippen molar-refractivity contribution in [2.75, 3.05) is 39.3 Å². The summed E-state index contributed by atoms with van der Waals surface area (Å²) in [6, 6.07) is 0. The van der Waals surface area contributed by atoms with Crippen LogP contribution in [0.2, 0.25) is 0 Å². The third-order valence-corrected chi connectivity index (χ3v) is 4.04. The molecule has 0 aromatic carbocycles. The smallest absolute Gasteiger partial charge is 1.00 e. The SMILES string of the molecule is CCCCN(CCCC)CCN(CCCC)CCCC.[Cl-].[Cl-].[Cu+2]. The van der Waals surface area contributed by atoms with Gasteiger partial charge >= 0.3 is 17.1 Å². The maximum absolute atomic E-state index is 2.69. The molecule has 0 spiro atoms. The predicted molar refractivity (Wildman–Crippen MR) is 92.5 cm³/mol. The number of unbranched alkanes of at least 4 members (excludes halogenated alkanes) is 4. The van der Waals surface area contributed by atoms with E-state index in [4.69, 9.17) is 0 Å². The normalized spacial score (nSPS) is 10.2. The number of hydrogen-bond acceptors (Lipinski definition) is 2. The molecule has 0 aromatic rings. The molecule has 0 aliphatic heterocycles. The van der Waals surface area contributed by atoms with Crippen molar-refractivity contribution in [2.24, 2.45) is 0 Å². The van der Waals surface area contributed by atoms with E-state index < -0.39 is 0 Å². The third-order valence-electron chi connectivity index (χ3n) is 4.04. The van der Waals surface area contributed by atoms with Gasteiger partial charge in [0.2, 0.25) is 0 Å². The third kappa shape index (κ3) is 21.0. The molecule has 1 radical (unpaired) electrons. The van der Waals surface area contributed by atoms with Gasteiger partial charge < -0.3 is 34.6 Å². The van der Waals surface area contributed by atoms with Gasteiger partial charge in [0.05, 0.1) is 0 Å². The fraction of sp³-hybridized carbons (Fsp3) is 1.00.